The molecular weight excluding hydrogens is 282 g/mol. The molecule has 0 aliphatic heterocycles. The van der Waals surface area contributed by atoms with Crippen molar-refractivity contribution >= 4 is 27.0 Å². The lowest BCUT2D eigenvalue weighted by Crippen LogP contribution is -2.24. The Balaban J connectivity index is 2.01. The molecule has 0 unspecified atom stereocenters. The van der Waals surface area contributed by atoms with E-state index in [0.29, 0.717) is 5.56 Å². The van der Waals surface area contributed by atoms with Crippen LogP contribution < -0.4 is 5.73 Å². The fourth-order valence-corrected chi connectivity index (χ4v) is 3.09. The van der Waals surface area contributed by atoms with Crippen LogP contribution in [0.4, 0.5) is 0 Å². The zero-order chi connectivity index (χ0) is 13.9. The molecule has 1 aromatic carbocycles. The average Bonchev–Trinajstić information content (AvgIpc) is 2.32. The van der Waals surface area contributed by atoms with E-state index in [-0.39, 0.29) is 28.3 Å². The van der Waals surface area contributed by atoms with Crippen LogP contribution >= 0.6 is 12.2 Å². The third kappa shape index (κ3) is 3.75. The molecule has 1 aliphatic carbocycles. The average molecular weight is 299 g/mol. The van der Waals surface area contributed by atoms with Gasteiger partial charge in [-0.1, -0.05) is 24.4 Å². The molecule has 1 aromatic rings. The monoisotopic (exact) mass is 299 g/mol. The molecule has 0 amide bonds. The summed E-state index contributed by atoms with van der Waals surface area (Å²) in [5.74, 6) is -0.00964. The van der Waals surface area contributed by atoms with Gasteiger partial charge in [0.15, 0.2) is 9.84 Å². The SMILES string of the molecule is NC(=S)c1cccc(S(=O)(=O)CCOC2CCC2)c1. The molecule has 1 aliphatic rings. The van der Waals surface area contributed by atoms with Gasteiger partial charge in [0.1, 0.15) is 4.99 Å². The maximum absolute atomic E-state index is 12.1. The van der Waals surface area contributed by atoms with Gasteiger partial charge in [-0.2, -0.15) is 0 Å². The molecule has 0 heterocycles. The second kappa shape index (κ2) is 5.98. The van der Waals surface area contributed by atoms with Gasteiger partial charge in [0.2, 0.25) is 0 Å². The summed E-state index contributed by atoms with van der Waals surface area (Å²) in [6, 6.07) is 6.42. The molecule has 2 rings (SSSR count). The zero-order valence-electron chi connectivity index (χ0n) is 10.5. The van der Waals surface area contributed by atoms with Crippen LogP contribution in [0.1, 0.15) is 24.8 Å². The van der Waals surface area contributed by atoms with Crippen molar-refractivity contribution in [2.75, 3.05) is 12.4 Å². The first-order valence-corrected chi connectivity index (χ1v) is 8.29. The van der Waals surface area contributed by atoms with Gasteiger partial charge < -0.3 is 10.5 Å². The van der Waals surface area contributed by atoms with E-state index in [2.05, 4.69) is 0 Å². The van der Waals surface area contributed by atoms with Crippen molar-refractivity contribution in [3.05, 3.63) is 29.8 Å². The molecule has 0 saturated heterocycles. The fraction of sp³-hybridized carbons (Fsp3) is 0.462. The summed E-state index contributed by atoms with van der Waals surface area (Å²) >= 11 is 4.85. The summed E-state index contributed by atoms with van der Waals surface area (Å²) in [6.07, 6.45) is 3.50. The number of sulfone groups is 1. The highest BCUT2D eigenvalue weighted by molar-refractivity contribution is 7.91. The van der Waals surface area contributed by atoms with Crippen molar-refractivity contribution in [1.82, 2.24) is 0 Å². The molecule has 4 nitrogen and oxygen atoms in total. The van der Waals surface area contributed by atoms with Gasteiger partial charge in [0, 0.05) is 5.56 Å². The number of hydrogen-bond donors (Lipinski definition) is 1. The lowest BCUT2D eigenvalue weighted by atomic mass is 9.96. The topological polar surface area (TPSA) is 69.4 Å². The highest BCUT2D eigenvalue weighted by atomic mass is 32.2. The molecule has 6 heteroatoms. The van der Waals surface area contributed by atoms with Gasteiger partial charge >= 0.3 is 0 Å². The quantitative estimate of drug-likeness (QED) is 0.809. The molecule has 0 atom stereocenters. The van der Waals surface area contributed by atoms with E-state index in [0.717, 1.165) is 12.8 Å². The maximum Gasteiger partial charge on any atom is 0.180 e. The van der Waals surface area contributed by atoms with Crippen molar-refractivity contribution in [1.29, 1.82) is 0 Å². The largest absolute Gasteiger partial charge is 0.389 e. The van der Waals surface area contributed by atoms with Crippen LogP contribution in [0, 0.1) is 0 Å². The lowest BCUT2D eigenvalue weighted by molar-refractivity contribution is 0.0110. The van der Waals surface area contributed by atoms with E-state index in [1.807, 2.05) is 0 Å². The Bertz CT molecular complexity index is 565. The number of hydrogen-bond acceptors (Lipinski definition) is 4. The van der Waals surface area contributed by atoms with Crippen LogP contribution in [-0.2, 0) is 14.6 Å². The van der Waals surface area contributed by atoms with Gasteiger partial charge in [0.05, 0.1) is 23.4 Å². The van der Waals surface area contributed by atoms with Crippen molar-refractivity contribution < 1.29 is 13.2 Å². The molecule has 0 bridgehead atoms. The van der Waals surface area contributed by atoms with E-state index in [1.54, 1.807) is 18.2 Å². The molecule has 19 heavy (non-hydrogen) atoms. The van der Waals surface area contributed by atoms with Crippen LogP contribution in [-0.4, -0.2) is 31.9 Å². The highest BCUT2D eigenvalue weighted by Gasteiger charge is 2.20. The molecule has 1 saturated carbocycles. The Labute approximate surface area is 118 Å². The molecular formula is C13H17NO3S2. The summed E-state index contributed by atoms with van der Waals surface area (Å²) in [4.78, 5) is 0.442. The normalized spacial score (nSPS) is 16.0. The van der Waals surface area contributed by atoms with Crippen LogP contribution in [0.3, 0.4) is 0 Å². The van der Waals surface area contributed by atoms with E-state index in [1.165, 1.54) is 12.5 Å². The second-order valence-corrected chi connectivity index (χ2v) is 7.18. The van der Waals surface area contributed by atoms with Crippen molar-refractivity contribution in [3.63, 3.8) is 0 Å². The third-order valence-corrected chi connectivity index (χ3v) is 5.15. The third-order valence-electron chi connectivity index (χ3n) is 3.24. The second-order valence-electron chi connectivity index (χ2n) is 4.63. The van der Waals surface area contributed by atoms with Gasteiger partial charge in [0.25, 0.3) is 0 Å². The molecule has 0 aromatic heterocycles. The Morgan fingerprint density at radius 1 is 1.42 bits per heavy atom. The van der Waals surface area contributed by atoms with Crippen LogP contribution in [0.2, 0.25) is 0 Å². The highest BCUT2D eigenvalue weighted by Crippen LogP contribution is 2.22. The minimum Gasteiger partial charge on any atom is -0.389 e. The van der Waals surface area contributed by atoms with E-state index < -0.39 is 9.84 Å². The summed E-state index contributed by atoms with van der Waals surface area (Å²) < 4.78 is 29.7. The number of ether oxygens (including phenoxy) is 1. The standard InChI is InChI=1S/C13H17NO3S2/c14-13(18)10-3-1-6-12(9-10)19(15,16)8-7-17-11-4-2-5-11/h1,3,6,9,11H,2,4-5,7-8H2,(H2,14,18). The fourth-order valence-electron chi connectivity index (χ4n) is 1.82. The van der Waals surface area contributed by atoms with Crippen LogP contribution in [0.25, 0.3) is 0 Å². The lowest BCUT2D eigenvalue weighted by Gasteiger charge is -2.25. The number of nitrogens with two attached hydrogens (primary N) is 1. The van der Waals surface area contributed by atoms with E-state index in [9.17, 15) is 8.42 Å². The van der Waals surface area contributed by atoms with Gasteiger partial charge in [-0.05, 0) is 31.4 Å². The molecule has 2 N–H and O–H groups in total. The van der Waals surface area contributed by atoms with Crippen molar-refractivity contribution in [3.8, 4) is 0 Å². The minimum absolute atomic E-state index is 0.00964. The van der Waals surface area contributed by atoms with E-state index >= 15 is 0 Å². The number of benzene rings is 1. The summed E-state index contributed by atoms with van der Waals surface area (Å²) in [5, 5.41) is 0. The van der Waals surface area contributed by atoms with Crippen molar-refractivity contribution in [2.45, 2.75) is 30.3 Å². The zero-order valence-corrected chi connectivity index (χ0v) is 12.2. The summed E-state index contributed by atoms with van der Waals surface area (Å²) in [6.45, 7) is 0.240. The molecule has 0 radical (unpaired) electrons. The molecule has 104 valence electrons. The van der Waals surface area contributed by atoms with Gasteiger partial charge in [-0.25, -0.2) is 8.42 Å². The van der Waals surface area contributed by atoms with Gasteiger partial charge in [-0.3, -0.25) is 0 Å². The van der Waals surface area contributed by atoms with Gasteiger partial charge in [-0.15, -0.1) is 0 Å². The minimum atomic E-state index is -3.34. The first kappa shape index (κ1) is 14.4. The van der Waals surface area contributed by atoms with Crippen LogP contribution in [0.5, 0.6) is 0 Å². The number of rotatable bonds is 6. The Kier molecular flexibility index (Phi) is 4.54. The predicted octanol–water partition coefficient (Wildman–Crippen LogP) is 1.66. The Morgan fingerprint density at radius 3 is 2.74 bits per heavy atom. The first-order chi connectivity index (χ1) is 8.99. The summed E-state index contributed by atoms with van der Waals surface area (Å²) in [5.41, 5.74) is 6.07. The number of thiocarbonyl (C=S) groups is 1. The van der Waals surface area contributed by atoms with Crippen LogP contribution in [0.15, 0.2) is 29.2 Å². The molecule has 1 fully saturated rings. The van der Waals surface area contributed by atoms with Crippen molar-refractivity contribution in [2.24, 2.45) is 5.73 Å². The Hall–Kier alpha value is -0.980. The maximum atomic E-state index is 12.1. The van der Waals surface area contributed by atoms with E-state index in [4.69, 9.17) is 22.7 Å². The predicted molar refractivity (Wildman–Crippen MR) is 78.0 cm³/mol. The smallest absolute Gasteiger partial charge is 0.180 e. The Morgan fingerprint density at radius 2 is 2.16 bits per heavy atom. The summed E-state index contributed by atoms with van der Waals surface area (Å²) in [7, 11) is -3.34. The molecule has 0 spiro atoms. The first-order valence-electron chi connectivity index (χ1n) is 6.23.